The van der Waals surface area contributed by atoms with Crippen molar-refractivity contribution < 1.29 is 21.6 Å². The van der Waals surface area contributed by atoms with Crippen molar-refractivity contribution in [2.75, 3.05) is 13.6 Å². The molecule has 0 fully saturated rings. The maximum absolute atomic E-state index is 12.0. The summed E-state index contributed by atoms with van der Waals surface area (Å²) in [5.41, 5.74) is 0.652. The molecule has 0 unspecified atom stereocenters. The van der Waals surface area contributed by atoms with Crippen LogP contribution in [0.2, 0.25) is 5.02 Å². The molecule has 0 amide bonds. The van der Waals surface area contributed by atoms with E-state index in [2.05, 4.69) is 5.32 Å². The summed E-state index contributed by atoms with van der Waals surface area (Å²) in [5.74, 6) is 0. The fourth-order valence-corrected chi connectivity index (χ4v) is 2.64. The summed E-state index contributed by atoms with van der Waals surface area (Å²) in [6.45, 7) is -1.19. The first-order valence-corrected chi connectivity index (χ1v) is 7.01. The van der Waals surface area contributed by atoms with Crippen LogP contribution in [0, 0.1) is 0 Å². The van der Waals surface area contributed by atoms with E-state index in [1.807, 2.05) is 0 Å². The van der Waals surface area contributed by atoms with Gasteiger partial charge in [-0.15, -0.1) is 0 Å². The standard InChI is InChI=1S/C10H12ClF3N2O2S/c1-15-5-7-2-3-8(4-9(7)11)19(17,18)16-6-10(12,13)14/h2-4,15-16H,5-6H2,1H3. The molecule has 108 valence electrons. The maximum atomic E-state index is 12.0. The number of sulfonamides is 1. The highest BCUT2D eigenvalue weighted by molar-refractivity contribution is 7.89. The van der Waals surface area contributed by atoms with Crippen molar-refractivity contribution in [2.45, 2.75) is 17.6 Å². The van der Waals surface area contributed by atoms with Crippen LogP contribution in [0.4, 0.5) is 13.2 Å². The van der Waals surface area contributed by atoms with Crippen LogP contribution in [0.25, 0.3) is 0 Å². The molecule has 0 aromatic heterocycles. The Morgan fingerprint density at radius 1 is 1.32 bits per heavy atom. The third-order valence-corrected chi connectivity index (χ3v) is 3.92. The van der Waals surface area contributed by atoms with Gasteiger partial charge in [0.05, 0.1) is 4.90 Å². The fraction of sp³-hybridized carbons (Fsp3) is 0.400. The average Bonchev–Trinajstić information content (AvgIpc) is 2.29. The van der Waals surface area contributed by atoms with Gasteiger partial charge in [0.1, 0.15) is 6.54 Å². The van der Waals surface area contributed by atoms with Crippen LogP contribution in [0.1, 0.15) is 5.56 Å². The number of nitrogens with one attached hydrogen (secondary N) is 2. The predicted octanol–water partition coefficient (Wildman–Crippen LogP) is 1.90. The van der Waals surface area contributed by atoms with Gasteiger partial charge in [-0.3, -0.25) is 0 Å². The van der Waals surface area contributed by atoms with Crippen molar-refractivity contribution in [3.8, 4) is 0 Å². The van der Waals surface area contributed by atoms with Crippen LogP contribution >= 0.6 is 11.6 Å². The van der Waals surface area contributed by atoms with Crippen molar-refractivity contribution in [1.82, 2.24) is 10.0 Å². The van der Waals surface area contributed by atoms with E-state index in [1.54, 1.807) is 7.05 Å². The van der Waals surface area contributed by atoms with E-state index in [0.717, 1.165) is 6.07 Å². The van der Waals surface area contributed by atoms with Crippen molar-refractivity contribution in [3.63, 3.8) is 0 Å². The molecule has 0 aliphatic heterocycles. The molecule has 2 N–H and O–H groups in total. The molecule has 1 rings (SSSR count). The van der Waals surface area contributed by atoms with Gasteiger partial charge in [0.25, 0.3) is 0 Å². The summed E-state index contributed by atoms with van der Waals surface area (Å²) >= 11 is 5.85. The summed E-state index contributed by atoms with van der Waals surface area (Å²) in [4.78, 5) is -0.304. The van der Waals surface area contributed by atoms with E-state index in [4.69, 9.17) is 11.6 Å². The molecule has 0 heterocycles. The summed E-state index contributed by atoms with van der Waals surface area (Å²) in [5, 5.41) is 3.00. The van der Waals surface area contributed by atoms with Gasteiger partial charge >= 0.3 is 6.18 Å². The smallest absolute Gasteiger partial charge is 0.316 e. The first-order chi connectivity index (χ1) is 8.65. The zero-order chi connectivity index (χ0) is 14.7. The topological polar surface area (TPSA) is 58.2 Å². The average molecular weight is 317 g/mol. The van der Waals surface area contributed by atoms with Gasteiger partial charge in [0.15, 0.2) is 0 Å². The van der Waals surface area contributed by atoms with Crippen LogP contribution in [0.5, 0.6) is 0 Å². The first-order valence-electron chi connectivity index (χ1n) is 5.15. The largest absolute Gasteiger partial charge is 0.402 e. The van der Waals surface area contributed by atoms with Gasteiger partial charge in [-0.1, -0.05) is 17.7 Å². The Bertz CT molecular complexity index is 546. The molecule has 0 saturated carbocycles. The zero-order valence-electron chi connectivity index (χ0n) is 9.88. The molecular weight excluding hydrogens is 305 g/mol. The summed E-state index contributed by atoms with van der Waals surface area (Å²) in [7, 11) is -2.54. The molecule has 0 aliphatic carbocycles. The van der Waals surface area contributed by atoms with E-state index in [1.165, 1.54) is 16.9 Å². The number of alkyl halides is 3. The van der Waals surface area contributed by atoms with E-state index < -0.39 is 22.7 Å². The molecule has 0 saturated heterocycles. The number of hydrogen-bond donors (Lipinski definition) is 2. The Balaban J connectivity index is 2.93. The fourth-order valence-electron chi connectivity index (χ4n) is 1.29. The molecule has 0 bridgehead atoms. The highest BCUT2D eigenvalue weighted by Gasteiger charge is 2.30. The monoisotopic (exact) mass is 316 g/mol. The lowest BCUT2D eigenvalue weighted by atomic mass is 10.2. The molecular formula is C10H12ClF3N2O2S. The predicted molar refractivity (Wildman–Crippen MR) is 65.5 cm³/mol. The number of rotatable bonds is 5. The Morgan fingerprint density at radius 2 is 1.95 bits per heavy atom. The lowest BCUT2D eigenvalue weighted by Gasteiger charge is -2.10. The van der Waals surface area contributed by atoms with E-state index in [9.17, 15) is 21.6 Å². The van der Waals surface area contributed by atoms with Crippen molar-refractivity contribution in [1.29, 1.82) is 0 Å². The van der Waals surface area contributed by atoms with Gasteiger partial charge < -0.3 is 5.32 Å². The van der Waals surface area contributed by atoms with E-state index in [0.29, 0.717) is 12.1 Å². The lowest BCUT2D eigenvalue weighted by molar-refractivity contribution is -0.121. The second kappa shape index (κ2) is 6.08. The number of halogens is 4. The molecule has 0 spiro atoms. The second-order valence-corrected chi connectivity index (χ2v) is 5.90. The van der Waals surface area contributed by atoms with Crippen LogP contribution in [0.15, 0.2) is 23.1 Å². The molecule has 19 heavy (non-hydrogen) atoms. The highest BCUT2D eigenvalue weighted by atomic mass is 35.5. The Kier molecular flexibility index (Phi) is 5.19. The Morgan fingerprint density at radius 3 is 2.42 bits per heavy atom. The van der Waals surface area contributed by atoms with Gasteiger partial charge in [0.2, 0.25) is 10.0 Å². The Hall–Kier alpha value is -0.830. The molecule has 0 aliphatic rings. The zero-order valence-corrected chi connectivity index (χ0v) is 11.5. The third-order valence-electron chi connectivity index (χ3n) is 2.16. The summed E-state index contributed by atoms with van der Waals surface area (Å²) in [6.07, 6.45) is -4.61. The minimum Gasteiger partial charge on any atom is -0.316 e. The molecule has 1 aromatic carbocycles. The minimum absolute atomic E-state index is 0.171. The highest BCUT2D eigenvalue weighted by Crippen LogP contribution is 2.21. The van der Waals surface area contributed by atoms with Crippen LogP contribution in [-0.4, -0.2) is 28.2 Å². The second-order valence-electron chi connectivity index (χ2n) is 3.72. The van der Waals surface area contributed by atoms with Crippen LogP contribution in [-0.2, 0) is 16.6 Å². The van der Waals surface area contributed by atoms with Crippen molar-refractivity contribution in [3.05, 3.63) is 28.8 Å². The molecule has 9 heteroatoms. The minimum atomic E-state index is -4.61. The van der Waals surface area contributed by atoms with E-state index >= 15 is 0 Å². The Labute approximate surface area is 114 Å². The van der Waals surface area contributed by atoms with E-state index in [-0.39, 0.29) is 9.92 Å². The maximum Gasteiger partial charge on any atom is 0.402 e. The lowest BCUT2D eigenvalue weighted by Crippen LogP contribution is -2.33. The first kappa shape index (κ1) is 16.2. The van der Waals surface area contributed by atoms with Crippen molar-refractivity contribution in [2.24, 2.45) is 0 Å². The number of benzene rings is 1. The SMILES string of the molecule is CNCc1ccc(S(=O)(=O)NCC(F)(F)F)cc1Cl. The molecule has 0 atom stereocenters. The molecule has 4 nitrogen and oxygen atoms in total. The van der Waals surface area contributed by atoms with Gasteiger partial charge in [-0.05, 0) is 24.7 Å². The van der Waals surface area contributed by atoms with Crippen LogP contribution in [0.3, 0.4) is 0 Å². The number of hydrogen-bond acceptors (Lipinski definition) is 3. The normalized spacial score (nSPS) is 12.7. The summed E-state index contributed by atoms with van der Waals surface area (Å²) < 4.78 is 60.6. The summed E-state index contributed by atoms with van der Waals surface area (Å²) in [6, 6.07) is 3.77. The third kappa shape index (κ3) is 4.98. The molecule has 0 radical (unpaired) electrons. The van der Waals surface area contributed by atoms with Crippen molar-refractivity contribution >= 4 is 21.6 Å². The van der Waals surface area contributed by atoms with Crippen LogP contribution < -0.4 is 10.0 Å². The van der Waals surface area contributed by atoms with Gasteiger partial charge in [0, 0.05) is 11.6 Å². The quantitative estimate of drug-likeness (QED) is 0.872. The molecule has 1 aromatic rings. The van der Waals surface area contributed by atoms with Gasteiger partial charge in [-0.2, -0.15) is 13.2 Å². The van der Waals surface area contributed by atoms with Gasteiger partial charge in [-0.25, -0.2) is 13.1 Å².